The van der Waals surface area contributed by atoms with Crippen LogP contribution in [0.1, 0.15) is 41.5 Å². The summed E-state index contributed by atoms with van der Waals surface area (Å²) in [4.78, 5) is 21.4. The molecule has 0 aliphatic rings. The number of aryl methyl sites for hydroxylation is 1. The number of carbonyl (C=O) groups excluding carboxylic acids is 1. The van der Waals surface area contributed by atoms with Crippen molar-refractivity contribution in [2.45, 2.75) is 26.7 Å². The van der Waals surface area contributed by atoms with E-state index in [1.807, 2.05) is 54.9 Å². The van der Waals surface area contributed by atoms with Crippen molar-refractivity contribution in [2.75, 3.05) is 5.32 Å². The lowest BCUT2D eigenvalue weighted by atomic mass is 10.0. The molecule has 1 N–H and O–H groups in total. The summed E-state index contributed by atoms with van der Waals surface area (Å²) in [6.45, 7) is 5.85. The van der Waals surface area contributed by atoms with Gasteiger partial charge in [0.15, 0.2) is 0 Å². The normalized spacial score (nSPS) is 11.3. The molecule has 0 saturated carbocycles. The Bertz CT molecular complexity index is 1100. The van der Waals surface area contributed by atoms with Gasteiger partial charge in [0.2, 0.25) is 0 Å². The molecular weight excluding hydrogens is 342 g/mol. The SMILES string of the molecule is Cc1noc2nc(C(C)C)cc(C(=O)Nc3ccc(-n4ccnc4)cc3)c12. The third kappa shape index (κ3) is 3.19. The molecule has 3 aromatic heterocycles. The first-order valence-corrected chi connectivity index (χ1v) is 8.69. The van der Waals surface area contributed by atoms with E-state index in [0.717, 1.165) is 11.4 Å². The Labute approximate surface area is 156 Å². The molecule has 0 atom stereocenters. The Morgan fingerprint density at radius 3 is 2.67 bits per heavy atom. The van der Waals surface area contributed by atoms with Crippen LogP contribution in [0.4, 0.5) is 5.69 Å². The van der Waals surface area contributed by atoms with E-state index in [2.05, 4.69) is 20.4 Å². The van der Waals surface area contributed by atoms with Crippen molar-refractivity contribution in [3.05, 3.63) is 66.0 Å². The number of nitrogens with one attached hydrogen (secondary N) is 1. The van der Waals surface area contributed by atoms with Crippen LogP contribution in [0.25, 0.3) is 16.8 Å². The minimum Gasteiger partial charge on any atom is -0.336 e. The molecule has 0 bridgehead atoms. The molecule has 4 rings (SSSR count). The second-order valence-corrected chi connectivity index (χ2v) is 6.67. The fourth-order valence-electron chi connectivity index (χ4n) is 2.92. The van der Waals surface area contributed by atoms with Gasteiger partial charge in [0, 0.05) is 29.5 Å². The number of carbonyl (C=O) groups is 1. The number of imidazole rings is 1. The molecule has 27 heavy (non-hydrogen) atoms. The van der Waals surface area contributed by atoms with Gasteiger partial charge in [0.25, 0.3) is 11.6 Å². The third-order valence-electron chi connectivity index (χ3n) is 4.40. The fraction of sp³-hybridized carbons (Fsp3) is 0.200. The molecule has 7 heteroatoms. The van der Waals surface area contributed by atoms with Gasteiger partial charge in [0.05, 0.1) is 23.0 Å². The number of amides is 1. The van der Waals surface area contributed by atoms with Crippen LogP contribution < -0.4 is 5.32 Å². The van der Waals surface area contributed by atoms with Gasteiger partial charge in [-0.15, -0.1) is 0 Å². The fourth-order valence-corrected chi connectivity index (χ4v) is 2.92. The molecule has 7 nitrogen and oxygen atoms in total. The van der Waals surface area contributed by atoms with Crippen molar-refractivity contribution >= 4 is 22.7 Å². The zero-order valence-corrected chi connectivity index (χ0v) is 15.3. The van der Waals surface area contributed by atoms with Gasteiger partial charge in [-0.05, 0) is 43.2 Å². The van der Waals surface area contributed by atoms with E-state index in [1.54, 1.807) is 19.4 Å². The second-order valence-electron chi connectivity index (χ2n) is 6.67. The van der Waals surface area contributed by atoms with Crippen molar-refractivity contribution < 1.29 is 9.32 Å². The molecular formula is C20H19N5O2. The van der Waals surface area contributed by atoms with Crippen LogP contribution in [0.2, 0.25) is 0 Å². The van der Waals surface area contributed by atoms with E-state index in [1.165, 1.54) is 0 Å². The maximum Gasteiger partial charge on any atom is 0.259 e. The maximum atomic E-state index is 12.9. The Balaban J connectivity index is 1.66. The molecule has 1 amide bonds. The monoisotopic (exact) mass is 361 g/mol. The van der Waals surface area contributed by atoms with Gasteiger partial charge in [-0.3, -0.25) is 4.79 Å². The molecule has 0 spiro atoms. The van der Waals surface area contributed by atoms with Crippen LogP contribution in [-0.4, -0.2) is 25.6 Å². The number of nitrogens with zero attached hydrogens (tertiary/aromatic N) is 4. The average Bonchev–Trinajstić information content (AvgIpc) is 3.32. The summed E-state index contributed by atoms with van der Waals surface area (Å²) in [6, 6.07) is 9.37. The van der Waals surface area contributed by atoms with Gasteiger partial charge in [-0.1, -0.05) is 19.0 Å². The zero-order chi connectivity index (χ0) is 19.0. The summed E-state index contributed by atoms with van der Waals surface area (Å²) < 4.78 is 7.18. The quantitative estimate of drug-likeness (QED) is 0.591. The molecule has 3 heterocycles. The smallest absolute Gasteiger partial charge is 0.259 e. The van der Waals surface area contributed by atoms with Crippen molar-refractivity contribution in [3.8, 4) is 5.69 Å². The number of pyridine rings is 1. The molecule has 0 saturated heterocycles. The van der Waals surface area contributed by atoms with E-state index >= 15 is 0 Å². The average molecular weight is 361 g/mol. The van der Waals surface area contributed by atoms with Crippen LogP contribution in [0, 0.1) is 6.92 Å². The highest BCUT2D eigenvalue weighted by molar-refractivity contribution is 6.12. The highest BCUT2D eigenvalue weighted by atomic mass is 16.5. The summed E-state index contributed by atoms with van der Waals surface area (Å²) in [5, 5.41) is 7.55. The molecule has 0 aliphatic carbocycles. The summed E-state index contributed by atoms with van der Waals surface area (Å²) in [5.41, 5.74) is 4.01. The number of rotatable bonds is 4. The van der Waals surface area contributed by atoms with Crippen molar-refractivity contribution in [1.82, 2.24) is 19.7 Å². The molecule has 4 aromatic rings. The lowest BCUT2D eigenvalue weighted by molar-refractivity contribution is 0.102. The first-order chi connectivity index (χ1) is 13.0. The van der Waals surface area contributed by atoms with Crippen LogP contribution >= 0.6 is 0 Å². The van der Waals surface area contributed by atoms with E-state index in [0.29, 0.717) is 28.0 Å². The Kier molecular flexibility index (Phi) is 4.19. The minimum absolute atomic E-state index is 0.167. The number of aromatic nitrogens is 4. The van der Waals surface area contributed by atoms with Crippen LogP contribution in [0.5, 0.6) is 0 Å². The number of benzene rings is 1. The highest BCUT2D eigenvalue weighted by Crippen LogP contribution is 2.26. The predicted molar refractivity (Wildman–Crippen MR) is 102 cm³/mol. The number of hydrogen-bond donors (Lipinski definition) is 1. The Morgan fingerprint density at radius 2 is 2.00 bits per heavy atom. The lowest BCUT2D eigenvalue weighted by Gasteiger charge is -2.10. The maximum absolute atomic E-state index is 12.9. The Hall–Kier alpha value is -3.48. The van der Waals surface area contributed by atoms with Crippen molar-refractivity contribution in [1.29, 1.82) is 0 Å². The van der Waals surface area contributed by atoms with E-state index in [9.17, 15) is 4.79 Å². The summed E-state index contributed by atoms with van der Waals surface area (Å²) in [5.74, 6) is -0.0493. The lowest BCUT2D eigenvalue weighted by Crippen LogP contribution is -2.14. The van der Waals surface area contributed by atoms with Crippen LogP contribution in [0.15, 0.2) is 53.6 Å². The van der Waals surface area contributed by atoms with E-state index in [-0.39, 0.29) is 11.8 Å². The van der Waals surface area contributed by atoms with Crippen LogP contribution in [-0.2, 0) is 0 Å². The van der Waals surface area contributed by atoms with Gasteiger partial charge in [0.1, 0.15) is 0 Å². The summed E-state index contributed by atoms with van der Waals surface area (Å²) in [7, 11) is 0. The highest BCUT2D eigenvalue weighted by Gasteiger charge is 2.19. The largest absolute Gasteiger partial charge is 0.336 e. The van der Waals surface area contributed by atoms with Gasteiger partial charge in [-0.25, -0.2) is 9.97 Å². The topological polar surface area (TPSA) is 85.8 Å². The molecule has 0 fully saturated rings. The van der Waals surface area contributed by atoms with Gasteiger partial charge < -0.3 is 14.4 Å². The standard InChI is InChI=1S/C20H19N5O2/c1-12(2)17-10-16(18-13(3)24-27-20(18)23-17)19(26)22-14-4-6-15(7-5-14)25-9-8-21-11-25/h4-12H,1-3H3,(H,22,26). The van der Waals surface area contributed by atoms with Gasteiger partial charge >= 0.3 is 0 Å². The Morgan fingerprint density at radius 1 is 1.22 bits per heavy atom. The number of hydrogen-bond acceptors (Lipinski definition) is 5. The van der Waals surface area contributed by atoms with Crippen LogP contribution in [0.3, 0.4) is 0 Å². The predicted octanol–water partition coefficient (Wildman–Crippen LogP) is 4.09. The minimum atomic E-state index is -0.217. The molecule has 0 aliphatic heterocycles. The molecule has 1 aromatic carbocycles. The first-order valence-electron chi connectivity index (χ1n) is 8.69. The molecule has 0 radical (unpaired) electrons. The molecule has 0 unspecified atom stereocenters. The van der Waals surface area contributed by atoms with E-state index < -0.39 is 0 Å². The zero-order valence-electron chi connectivity index (χ0n) is 15.3. The summed E-state index contributed by atoms with van der Waals surface area (Å²) in [6.07, 6.45) is 5.31. The third-order valence-corrected chi connectivity index (χ3v) is 4.40. The number of anilines is 1. The van der Waals surface area contributed by atoms with E-state index in [4.69, 9.17) is 4.52 Å². The second kappa shape index (κ2) is 6.68. The van der Waals surface area contributed by atoms with Crippen molar-refractivity contribution in [3.63, 3.8) is 0 Å². The van der Waals surface area contributed by atoms with Gasteiger partial charge in [-0.2, -0.15) is 0 Å². The first kappa shape index (κ1) is 17.0. The number of fused-ring (bicyclic) bond motifs is 1. The summed E-state index contributed by atoms with van der Waals surface area (Å²) >= 11 is 0. The van der Waals surface area contributed by atoms with Crippen molar-refractivity contribution in [2.24, 2.45) is 0 Å². The molecule has 136 valence electrons.